The third kappa shape index (κ3) is 12.1. The van der Waals surface area contributed by atoms with Gasteiger partial charge in [-0.25, -0.2) is 0 Å². The zero-order valence-corrected chi connectivity index (χ0v) is 32.2. The number of likely N-dealkylation sites (N-methyl/N-ethyl adjacent to an activating group) is 1. The normalized spacial score (nSPS) is 11.3. The van der Waals surface area contributed by atoms with E-state index in [4.69, 9.17) is 28.4 Å². The number of hydrogen-bond acceptors (Lipinski definition) is 14. The highest BCUT2D eigenvalue weighted by Crippen LogP contribution is 2.39. The van der Waals surface area contributed by atoms with E-state index in [1.54, 1.807) is 22.6 Å². The summed E-state index contributed by atoms with van der Waals surface area (Å²) in [5, 5.41) is 2.61. The number of esters is 6. The van der Waals surface area contributed by atoms with Gasteiger partial charge in [-0.3, -0.25) is 38.4 Å². The first-order chi connectivity index (χ1) is 21.2. The lowest BCUT2D eigenvalue weighted by molar-refractivity contribution is -0.236. The van der Waals surface area contributed by atoms with Crippen molar-refractivity contribution >= 4 is 121 Å². The standard InChI is InChI=1S/C27H31I3N2O14/c1-12(33)41-9-18(44-15(4)36)8-31-25(39)20-21(28)19(10-42-13(2)34)22(29)24(23(20)30)32(7)26(40)27(45-16(5)37,46-17(6)38)11-43-14(3)35/h18H,8-11H2,1-7H3,(H,31,39). The van der Waals surface area contributed by atoms with Crippen LogP contribution in [0.3, 0.4) is 0 Å². The van der Waals surface area contributed by atoms with Crippen LogP contribution in [0.4, 0.5) is 5.69 Å². The van der Waals surface area contributed by atoms with Crippen molar-refractivity contribution in [1.29, 1.82) is 0 Å². The zero-order valence-electron chi connectivity index (χ0n) is 25.7. The van der Waals surface area contributed by atoms with E-state index in [2.05, 4.69) is 5.32 Å². The first kappa shape index (κ1) is 41.2. The molecule has 1 N–H and O–H groups in total. The molecule has 2 amide bonds. The lowest BCUT2D eigenvalue weighted by Crippen LogP contribution is -2.57. The van der Waals surface area contributed by atoms with Crippen molar-refractivity contribution in [1.82, 2.24) is 5.32 Å². The van der Waals surface area contributed by atoms with Crippen molar-refractivity contribution in [2.45, 2.75) is 60.0 Å². The van der Waals surface area contributed by atoms with Gasteiger partial charge in [0.15, 0.2) is 12.7 Å². The van der Waals surface area contributed by atoms with Gasteiger partial charge in [0, 0.05) is 61.3 Å². The Bertz CT molecular complexity index is 1400. The van der Waals surface area contributed by atoms with E-state index in [0.717, 1.165) is 39.5 Å². The Morgan fingerprint density at radius 2 is 1.24 bits per heavy atom. The van der Waals surface area contributed by atoms with E-state index < -0.39 is 66.1 Å². The lowest BCUT2D eigenvalue weighted by atomic mass is 10.1. The molecule has 16 nitrogen and oxygen atoms in total. The molecule has 0 saturated heterocycles. The molecule has 0 aromatic heterocycles. The molecule has 0 aliphatic carbocycles. The Kier molecular flexibility index (Phi) is 16.6. The predicted octanol–water partition coefficient (Wildman–Crippen LogP) is 2.14. The number of halogens is 3. The second-order valence-electron chi connectivity index (χ2n) is 9.25. The van der Waals surface area contributed by atoms with Crippen LogP contribution in [-0.4, -0.2) is 86.3 Å². The molecule has 0 spiro atoms. The molecule has 1 aromatic rings. The number of benzene rings is 1. The van der Waals surface area contributed by atoms with Gasteiger partial charge in [-0.05, 0) is 67.8 Å². The molecule has 1 rings (SSSR count). The van der Waals surface area contributed by atoms with Gasteiger partial charge in [-0.1, -0.05) is 0 Å². The number of carbonyl (C=O) groups excluding carboxylic acids is 8. The van der Waals surface area contributed by atoms with E-state index in [1.165, 1.54) is 14.0 Å². The zero-order chi connectivity index (χ0) is 35.5. The Labute approximate surface area is 304 Å². The van der Waals surface area contributed by atoms with Gasteiger partial charge in [0.2, 0.25) is 0 Å². The third-order valence-corrected chi connectivity index (χ3v) is 8.78. The second-order valence-corrected chi connectivity index (χ2v) is 12.5. The number of carbonyl (C=O) groups is 8. The Morgan fingerprint density at radius 1 is 0.717 bits per heavy atom. The maximum atomic E-state index is 14.0. The molecule has 1 aromatic carbocycles. The van der Waals surface area contributed by atoms with Crippen molar-refractivity contribution in [2.24, 2.45) is 0 Å². The SMILES string of the molecule is CC(=O)OCc1c(I)c(C(=O)NCC(COC(C)=O)OC(C)=O)c(I)c(N(C)C(=O)C(COC(C)=O)(OC(C)=O)OC(C)=O)c1I. The first-order valence-electron chi connectivity index (χ1n) is 13.0. The highest BCUT2D eigenvalue weighted by atomic mass is 127. The van der Waals surface area contributed by atoms with Gasteiger partial charge in [0.25, 0.3) is 5.91 Å². The van der Waals surface area contributed by atoms with Crippen molar-refractivity contribution < 1.29 is 66.8 Å². The number of rotatable bonds is 14. The number of nitrogens with zero attached hydrogens (tertiary/aromatic N) is 1. The number of nitrogens with one attached hydrogen (secondary N) is 1. The average Bonchev–Trinajstić information content (AvgIpc) is 2.91. The Morgan fingerprint density at radius 3 is 1.70 bits per heavy atom. The van der Waals surface area contributed by atoms with E-state index in [0.29, 0.717) is 12.7 Å². The fourth-order valence-electron chi connectivity index (χ4n) is 3.62. The highest BCUT2D eigenvalue weighted by molar-refractivity contribution is 14.1. The smallest absolute Gasteiger partial charge is 0.372 e. The van der Waals surface area contributed by atoms with Crippen LogP contribution in [0, 0.1) is 10.7 Å². The van der Waals surface area contributed by atoms with Crippen LogP contribution in [0.2, 0.25) is 0 Å². The fourth-order valence-corrected chi connectivity index (χ4v) is 8.31. The second kappa shape index (κ2) is 18.5. The average molecular weight is 988 g/mol. The summed E-state index contributed by atoms with van der Waals surface area (Å²) in [6.07, 6.45) is -1.04. The van der Waals surface area contributed by atoms with Gasteiger partial charge >= 0.3 is 47.5 Å². The van der Waals surface area contributed by atoms with Gasteiger partial charge in [-0.15, -0.1) is 0 Å². The minimum atomic E-state index is -2.75. The minimum Gasteiger partial charge on any atom is -0.462 e. The van der Waals surface area contributed by atoms with Crippen molar-refractivity contribution in [2.75, 3.05) is 31.7 Å². The molecule has 0 bridgehead atoms. The summed E-state index contributed by atoms with van der Waals surface area (Å²) in [5.41, 5.74) is 0.346. The molecule has 46 heavy (non-hydrogen) atoms. The summed E-state index contributed by atoms with van der Waals surface area (Å²) in [5.74, 6) is -9.57. The molecular formula is C27H31I3N2O14. The summed E-state index contributed by atoms with van der Waals surface area (Å²) in [6.45, 7) is 4.46. The van der Waals surface area contributed by atoms with Crippen molar-refractivity contribution in [3.63, 3.8) is 0 Å². The molecule has 1 unspecified atom stereocenters. The summed E-state index contributed by atoms with van der Waals surface area (Å²) in [6, 6.07) is 0. The van der Waals surface area contributed by atoms with Crippen LogP contribution in [0.1, 0.15) is 57.5 Å². The maximum Gasteiger partial charge on any atom is 0.372 e. The molecule has 0 aliphatic rings. The van der Waals surface area contributed by atoms with Crippen LogP contribution in [0.25, 0.3) is 0 Å². The molecule has 19 heteroatoms. The van der Waals surface area contributed by atoms with Crippen molar-refractivity contribution in [3.8, 4) is 0 Å². The van der Waals surface area contributed by atoms with Crippen LogP contribution >= 0.6 is 67.8 Å². The maximum absolute atomic E-state index is 14.0. The third-order valence-electron chi connectivity index (χ3n) is 5.38. The van der Waals surface area contributed by atoms with Crippen molar-refractivity contribution in [3.05, 3.63) is 21.8 Å². The fraction of sp³-hybridized carbons (Fsp3) is 0.481. The first-order valence-corrected chi connectivity index (χ1v) is 16.2. The van der Waals surface area contributed by atoms with Gasteiger partial charge in [0.05, 0.1) is 21.4 Å². The lowest BCUT2D eigenvalue weighted by Gasteiger charge is -2.34. The Balaban J connectivity index is 3.84. The predicted molar refractivity (Wildman–Crippen MR) is 181 cm³/mol. The molecule has 0 heterocycles. The van der Waals surface area contributed by atoms with E-state index in [1.807, 2.05) is 45.2 Å². The van der Waals surface area contributed by atoms with E-state index in [9.17, 15) is 38.4 Å². The molecule has 254 valence electrons. The van der Waals surface area contributed by atoms with Crippen LogP contribution in [-0.2, 0) is 68.6 Å². The number of ether oxygens (including phenoxy) is 6. The van der Waals surface area contributed by atoms with Crippen LogP contribution < -0.4 is 10.2 Å². The number of hydrogen-bond donors (Lipinski definition) is 1. The van der Waals surface area contributed by atoms with Gasteiger partial charge < -0.3 is 38.6 Å². The monoisotopic (exact) mass is 988 g/mol. The summed E-state index contributed by atoms with van der Waals surface area (Å²) in [7, 11) is 1.23. The van der Waals surface area contributed by atoms with Gasteiger partial charge in [-0.2, -0.15) is 0 Å². The van der Waals surface area contributed by atoms with Crippen LogP contribution in [0.15, 0.2) is 0 Å². The number of amides is 2. The molecule has 0 fully saturated rings. The highest BCUT2D eigenvalue weighted by Gasteiger charge is 2.50. The molecule has 0 aliphatic heterocycles. The molecular weight excluding hydrogens is 957 g/mol. The van der Waals surface area contributed by atoms with Gasteiger partial charge in [0.1, 0.15) is 13.2 Å². The Hall–Kier alpha value is -2.83. The minimum absolute atomic E-state index is 0.00182. The largest absolute Gasteiger partial charge is 0.462 e. The summed E-state index contributed by atoms with van der Waals surface area (Å²) in [4.78, 5) is 98.9. The molecule has 0 saturated carbocycles. The van der Waals surface area contributed by atoms with Crippen LogP contribution in [0.5, 0.6) is 0 Å². The van der Waals surface area contributed by atoms with E-state index in [-0.39, 0.29) is 34.6 Å². The number of anilines is 1. The molecule has 1 atom stereocenters. The summed E-state index contributed by atoms with van der Waals surface area (Å²) >= 11 is 5.53. The summed E-state index contributed by atoms with van der Waals surface area (Å²) < 4.78 is 31.3. The quantitative estimate of drug-likeness (QED) is 0.123. The molecule has 0 radical (unpaired) electrons. The van der Waals surface area contributed by atoms with E-state index >= 15 is 0 Å². The topological polar surface area (TPSA) is 207 Å².